The Kier molecular flexibility index (Phi) is 4.81. The maximum Gasteiger partial charge on any atom is 0.265 e. The van der Waals surface area contributed by atoms with Gasteiger partial charge in [0, 0.05) is 14.6 Å². The molecular weight excluding hydrogens is 401 g/mol. The Balaban J connectivity index is 1.73. The van der Waals surface area contributed by atoms with E-state index in [1.54, 1.807) is 6.92 Å². The number of hydrogen-bond acceptors (Lipinski definition) is 2. The first kappa shape index (κ1) is 15.8. The minimum atomic E-state index is -0.583. The Labute approximate surface area is 148 Å². The normalized spacial score (nSPS) is 11.9. The molecule has 1 amide bonds. The van der Waals surface area contributed by atoms with E-state index in [0.29, 0.717) is 5.75 Å². The fourth-order valence-corrected chi connectivity index (χ4v) is 2.68. The van der Waals surface area contributed by atoms with E-state index in [9.17, 15) is 4.79 Å². The number of ether oxygens (including phenoxy) is 1. The van der Waals surface area contributed by atoms with Crippen LogP contribution in [0.1, 0.15) is 6.92 Å². The van der Waals surface area contributed by atoms with Crippen LogP contribution in [0.4, 0.5) is 5.69 Å². The Hall–Kier alpha value is -2.08. The lowest BCUT2D eigenvalue weighted by molar-refractivity contribution is -0.122. The van der Waals surface area contributed by atoms with Crippen molar-refractivity contribution in [2.75, 3.05) is 5.32 Å². The highest BCUT2D eigenvalue weighted by Gasteiger charge is 2.16. The van der Waals surface area contributed by atoms with E-state index in [0.717, 1.165) is 20.0 Å². The van der Waals surface area contributed by atoms with Crippen LogP contribution in [0, 0.1) is 3.57 Å². The Bertz CT molecular complexity index is 825. The first-order valence-electron chi connectivity index (χ1n) is 7.34. The highest BCUT2D eigenvalue weighted by molar-refractivity contribution is 14.1. The zero-order valence-electron chi connectivity index (χ0n) is 12.6. The molecule has 4 heteroatoms. The molecular formula is C19H16INO2. The van der Waals surface area contributed by atoms with Gasteiger partial charge in [-0.1, -0.05) is 36.4 Å². The SMILES string of the molecule is C[C@@H](Oc1cccc2ccccc12)C(=O)Nc1ccc(I)cc1. The number of nitrogens with one attached hydrogen (secondary N) is 1. The number of halogens is 1. The minimum absolute atomic E-state index is 0.167. The largest absolute Gasteiger partial charge is 0.480 e. The summed E-state index contributed by atoms with van der Waals surface area (Å²) in [7, 11) is 0. The fourth-order valence-electron chi connectivity index (χ4n) is 2.32. The molecule has 0 aliphatic heterocycles. The molecule has 0 bridgehead atoms. The van der Waals surface area contributed by atoms with Crippen molar-refractivity contribution in [1.29, 1.82) is 0 Å². The van der Waals surface area contributed by atoms with Gasteiger partial charge in [0.15, 0.2) is 6.10 Å². The Morgan fingerprint density at radius 2 is 1.70 bits per heavy atom. The van der Waals surface area contributed by atoms with Gasteiger partial charge in [0.05, 0.1) is 0 Å². The predicted octanol–water partition coefficient (Wildman–Crippen LogP) is 4.85. The van der Waals surface area contributed by atoms with Gasteiger partial charge in [-0.05, 0) is 65.2 Å². The van der Waals surface area contributed by atoms with Crippen LogP contribution in [0.25, 0.3) is 10.8 Å². The standard InChI is InChI=1S/C19H16INO2/c1-13(19(22)21-16-11-9-15(20)10-12-16)23-18-8-4-6-14-5-2-3-7-17(14)18/h2-13H,1H3,(H,21,22)/t13-/m1/s1. The number of carbonyl (C=O) groups is 1. The van der Waals surface area contributed by atoms with Crippen molar-refractivity contribution >= 4 is 45.0 Å². The second-order valence-corrected chi connectivity index (χ2v) is 6.48. The van der Waals surface area contributed by atoms with Crippen LogP contribution in [0.15, 0.2) is 66.7 Å². The lowest BCUT2D eigenvalue weighted by Crippen LogP contribution is -2.30. The molecule has 0 aromatic heterocycles. The van der Waals surface area contributed by atoms with Gasteiger partial charge in [-0.2, -0.15) is 0 Å². The van der Waals surface area contributed by atoms with Gasteiger partial charge in [-0.3, -0.25) is 4.79 Å². The number of hydrogen-bond donors (Lipinski definition) is 1. The van der Waals surface area contributed by atoms with Crippen LogP contribution >= 0.6 is 22.6 Å². The van der Waals surface area contributed by atoms with Crippen LogP contribution in [0.3, 0.4) is 0 Å². The molecule has 0 saturated heterocycles. The van der Waals surface area contributed by atoms with Gasteiger partial charge < -0.3 is 10.1 Å². The summed E-state index contributed by atoms with van der Waals surface area (Å²) in [6.07, 6.45) is -0.583. The molecule has 3 nitrogen and oxygen atoms in total. The van der Waals surface area contributed by atoms with Gasteiger partial charge in [0.25, 0.3) is 5.91 Å². The first-order valence-corrected chi connectivity index (χ1v) is 8.42. The van der Waals surface area contributed by atoms with Crippen molar-refractivity contribution in [2.24, 2.45) is 0 Å². The summed E-state index contributed by atoms with van der Waals surface area (Å²) < 4.78 is 7.00. The molecule has 0 spiro atoms. The van der Waals surface area contributed by atoms with Crippen molar-refractivity contribution in [3.63, 3.8) is 0 Å². The molecule has 0 aliphatic rings. The van der Waals surface area contributed by atoms with Gasteiger partial charge in [0.2, 0.25) is 0 Å². The van der Waals surface area contributed by atoms with Gasteiger partial charge >= 0.3 is 0 Å². The molecule has 0 heterocycles. The fraction of sp³-hybridized carbons (Fsp3) is 0.105. The molecule has 1 N–H and O–H groups in total. The van der Waals surface area contributed by atoms with Crippen LogP contribution in [-0.4, -0.2) is 12.0 Å². The topological polar surface area (TPSA) is 38.3 Å². The predicted molar refractivity (Wildman–Crippen MR) is 102 cm³/mol. The Morgan fingerprint density at radius 3 is 2.48 bits per heavy atom. The van der Waals surface area contributed by atoms with Crippen LogP contribution in [0.2, 0.25) is 0 Å². The van der Waals surface area contributed by atoms with E-state index in [1.165, 1.54) is 0 Å². The first-order chi connectivity index (χ1) is 11.1. The van der Waals surface area contributed by atoms with Gasteiger partial charge in [0.1, 0.15) is 5.75 Å². The summed E-state index contributed by atoms with van der Waals surface area (Å²) in [6, 6.07) is 21.5. The second kappa shape index (κ2) is 7.00. The maximum atomic E-state index is 12.3. The smallest absolute Gasteiger partial charge is 0.265 e. The number of anilines is 1. The molecule has 3 aromatic carbocycles. The minimum Gasteiger partial charge on any atom is -0.480 e. The molecule has 0 unspecified atom stereocenters. The third-order valence-corrected chi connectivity index (χ3v) is 4.25. The summed E-state index contributed by atoms with van der Waals surface area (Å²) in [4.78, 5) is 12.3. The van der Waals surface area contributed by atoms with E-state index < -0.39 is 6.10 Å². The third-order valence-electron chi connectivity index (χ3n) is 3.53. The van der Waals surface area contributed by atoms with Gasteiger partial charge in [-0.15, -0.1) is 0 Å². The highest BCUT2D eigenvalue weighted by Crippen LogP contribution is 2.26. The molecule has 116 valence electrons. The van der Waals surface area contributed by atoms with Crippen LogP contribution in [0.5, 0.6) is 5.75 Å². The third kappa shape index (κ3) is 3.82. The molecule has 0 aliphatic carbocycles. The van der Waals surface area contributed by atoms with E-state index in [4.69, 9.17) is 4.74 Å². The number of amides is 1. The van der Waals surface area contributed by atoms with Crippen molar-refractivity contribution in [3.8, 4) is 5.75 Å². The molecule has 1 atom stereocenters. The summed E-state index contributed by atoms with van der Waals surface area (Å²) in [6.45, 7) is 1.75. The molecule has 23 heavy (non-hydrogen) atoms. The van der Waals surface area contributed by atoms with Crippen molar-refractivity contribution in [1.82, 2.24) is 0 Å². The molecule has 3 aromatic rings. The Morgan fingerprint density at radius 1 is 1.00 bits per heavy atom. The summed E-state index contributed by atoms with van der Waals surface area (Å²) >= 11 is 2.23. The van der Waals surface area contributed by atoms with Crippen molar-refractivity contribution < 1.29 is 9.53 Å². The van der Waals surface area contributed by atoms with Crippen LogP contribution < -0.4 is 10.1 Å². The number of rotatable bonds is 4. The quantitative estimate of drug-likeness (QED) is 0.617. The number of benzene rings is 3. The molecule has 3 rings (SSSR count). The van der Waals surface area contributed by atoms with E-state index >= 15 is 0 Å². The highest BCUT2D eigenvalue weighted by atomic mass is 127. The summed E-state index contributed by atoms with van der Waals surface area (Å²) in [5, 5.41) is 4.97. The summed E-state index contributed by atoms with van der Waals surface area (Å²) in [5.74, 6) is 0.549. The summed E-state index contributed by atoms with van der Waals surface area (Å²) in [5.41, 5.74) is 0.767. The monoisotopic (exact) mass is 417 g/mol. The molecule has 0 radical (unpaired) electrons. The van der Waals surface area contributed by atoms with E-state index in [1.807, 2.05) is 66.7 Å². The zero-order valence-corrected chi connectivity index (χ0v) is 14.8. The molecule has 0 fully saturated rings. The zero-order chi connectivity index (χ0) is 16.2. The molecule has 0 saturated carbocycles. The lowest BCUT2D eigenvalue weighted by Gasteiger charge is -2.16. The number of carbonyl (C=O) groups excluding carboxylic acids is 1. The average Bonchev–Trinajstić information content (AvgIpc) is 2.57. The van der Waals surface area contributed by atoms with Crippen molar-refractivity contribution in [3.05, 3.63) is 70.3 Å². The lowest BCUT2D eigenvalue weighted by atomic mass is 10.1. The van der Waals surface area contributed by atoms with E-state index in [2.05, 4.69) is 27.9 Å². The van der Waals surface area contributed by atoms with Crippen LogP contribution in [-0.2, 0) is 4.79 Å². The second-order valence-electron chi connectivity index (χ2n) is 5.23. The number of fused-ring (bicyclic) bond motifs is 1. The van der Waals surface area contributed by atoms with Crippen molar-refractivity contribution in [2.45, 2.75) is 13.0 Å². The van der Waals surface area contributed by atoms with Gasteiger partial charge in [-0.25, -0.2) is 0 Å². The van der Waals surface area contributed by atoms with E-state index in [-0.39, 0.29) is 5.91 Å². The average molecular weight is 417 g/mol. The maximum absolute atomic E-state index is 12.3.